The van der Waals surface area contributed by atoms with Crippen molar-refractivity contribution in [2.24, 2.45) is 0 Å². The first kappa shape index (κ1) is 15.0. The van der Waals surface area contributed by atoms with E-state index in [-0.39, 0.29) is 17.5 Å². The molecule has 110 valence electrons. The standard InChI is InChI=1S/C16H25N3O/c1-16(2,19(3)4)11-18-15(20)14-9-12-7-5-6-8-13(12)10-17-14/h5-8,14,17H,9-11H2,1-4H3,(H,18,20). The van der Waals surface area contributed by atoms with Crippen LogP contribution in [0.15, 0.2) is 24.3 Å². The molecule has 2 rings (SSSR count). The van der Waals surface area contributed by atoms with Crippen molar-refractivity contribution in [1.82, 2.24) is 15.5 Å². The highest BCUT2D eigenvalue weighted by Crippen LogP contribution is 2.16. The van der Waals surface area contributed by atoms with E-state index in [4.69, 9.17) is 0 Å². The van der Waals surface area contributed by atoms with Crippen molar-refractivity contribution < 1.29 is 4.79 Å². The molecule has 1 aliphatic rings. The molecule has 0 saturated heterocycles. The molecular weight excluding hydrogens is 250 g/mol. The largest absolute Gasteiger partial charge is 0.353 e. The maximum Gasteiger partial charge on any atom is 0.237 e. The molecule has 1 aromatic rings. The van der Waals surface area contributed by atoms with Crippen LogP contribution in [-0.2, 0) is 17.8 Å². The molecule has 0 aliphatic carbocycles. The molecule has 20 heavy (non-hydrogen) atoms. The zero-order valence-electron chi connectivity index (χ0n) is 12.9. The summed E-state index contributed by atoms with van der Waals surface area (Å²) in [4.78, 5) is 14.4. The molecule has 1 aliphatic heterocycles. The SMILES string of the molecule is CN(C)C(C)(C)CNC(=O)C1Cc2ccccc2CN1. The van der Waals surface area contributed by atoms with Gasteiger partial charge in [-0.1, -0.05) is 24.3 Å². The van der Waals surface area contributed by atoms with Gasteiger partial charge in [0.2, 0.25) is 5.91 Å². The predicted octanol–water partition coefficient (Wildman–Crippen LogP) is 1.16. The van der Waals surface area contributed by atoms with Crippen LogP contribution in [0.2, 0.25) is 0 Å². The highest BCUT2D eigenvalue weighted by Gasteiger charge is 2.26. The summed E-state index contributed by atoms with van der Waals surface area (Å²) in [6.45, 7) is 5.66. The van der Waals surface area contributed by atoms with Gasteiger partial charge in [-0.15, -0.1) is 0 Å². The smallest absolute Gasteiger partial charge is 0.237 e. The Hall–Kier alpha value is -1.39. The molecule has 2 N–H and O–H groups in total. The van der Waals surface area contributed by atoms with E-state index in [1.54, 1.807) is 0 Å². The van der Waals surface area contributed by atoms with E-state index in [9.17, 15) is 4.79 Å². The van der Waals surface area contributed by atoms with E-state index >= 15 is 0 Å². The van der Waals surface area contributed by atoms with Crippen LogP contribution in [0, 0.1) is 0 Å². The third-order valence-corrected chi connectivity index (χ3v) is 4.30. The molecule has 4 heteroatoms. The second kappa shape index (κ2) is 5.94. The fraction of sp³-hybridized carbons (Fsp3) is 0.562. The van der Waals surface area contributed by atoms with E-state index in [1.807, 2.05) is 26.2 Å². The van der Waals surface area contributed by atoms with Gasteiger partial charge in [0.15, 0.2) is 0 Å². The van der Waals surface area contributed by atoms with Crippen molar-refractivity contribution in [3.63, 3.8) is 0 Å². The summed E-state index contributed by atoms with van der Waals surface area (Å²) < 4.78 is 0. The Balaban J connectivity index is 1.92. The fourth-order valence-electron chi connectivity index (χ4n) is 2.22. The number of nitrogens with one attached hydrogen (secondary N) is 2. The first-order chi connectivity index (χ1) is 9.40. The summed E-state index contributed by atoms with van der Waals surface area (Å²) in [6, 6.07) is 8.18. The topological polar surface area (TPSA) is 44.4 Å². The first-order valence-corrected chi connectivity index (χ1v) is 7.15. The molecule has 0 saturated carbocycles. The molecule has 1 amide bonds. The molecule has 0 aromatic heterocycles. The van der Waals surface area contributed by atoms with Crippen LogP contribution in [0.4, 0.5) is 0 Å². The monoisotopic (exact) mass is 275 g/mol. The Labute approximate surface area is 121 Å². The number of carbonyl (C=O) groups excluding carboxylic acids is 1. The molecular formula is C16H25N3O. The highest BCUT2D eigenvalue weighted by molar-refractivity contribution is 5.82. The van der Waals surface area contributed by atoms with Crippen molar-refractivity contribution in [3.05, 3.63) is 35.4 Å². The Bertz CT molecular complexity index is 482. The predicted molar refractivity (Wildman–Crippen MR) is 81.5 cm³/mol. The third kappa shape index (κ3) is 3.38. The number of benzene rings is 1. The molecule has 1 atom stereocenters. The van der Waals surface area contributed by atoms with Gasteiger partial charge in [-0.05, 0) is 45.5 Å². The second-order valence-electron chi connectivity index (χ2n) is 6.33. The number of rotatable bonds is 4. The van der Waals surface area contributed by atoms with Crippen molar-refractivity contribution in [2.75, 3.05) is 20.6 Å². The van der Waals surface area contributed by atoms with E-state index < -0.39 is 0 Å². The number of hydrogen-bond donors (Lipinski definition) is 2. The lowest BCUT2D eigenvalue weighted by atomic mass is 9.95. The average Bonchev–Trinajstić information content (AvgIpc) is 2.44. The quantitative estimate of drug-likeness (QED) is 0.866. The number of likely N-dealkylation sites (N-methyl/N-ethyl adjacent to an activating group) is 1. The maximum atomic E-state index is 12.3. The van der Waals surface area contributed by atoms with Crippen LogP contribution in [0.5, 0.6) is 0 Å². The first-order valence-electron chi connectivity index (χ1n) is 7.15. The average molecular weight is 275 g/mol. The Morgan fingerprint density at radius 1 is 1.35 bits per heavy atom. The summed E-state index contributed by atoms with van der Waals surface area (Å²) >= 11 is 0. The van der Waals surface area contributed by atoms with Gasteiger partial charge in [-0.25, -0.2) is 0 Å². The lowest BCUT2D eigenvalue weighted by molar-refractivity contribution is -0.123. The Kier molecular flexibility index (Phi) is 4.45. The van der Waals surface area contributed by atoms with Gasteiger partial charge in [-0.3, -0.25) is 4.79 Å². The number of carbonyl (C=O) groups is 1. The van der Waals surface area contributed by atoms with Crippen LogP contribution >= 0.6 is 0 Å². The summed E-state index contributed by atoms with van der Waals surface area (Å²) in [6.07, 6.45) is 0.768. The lowest BCUT2D eigenvalue weighted by Gasteiger charge is -2.33. The molecule has 0 radical (unpaired) electrons. The molecule has 1 heterocycles. The highest BCUT2D eigenvalue weighted by atomic mass is 16.2. The van der Waals surface area contributed by atoms with Gasteiger partial charge in [0.1, 0.15) is 0 Å². The van der Waals surface area contributed by atoms with Gasteiger partial charge >= 0.3 is 0 Å². The van der Waals surface area contributed by atoms with Crippen molar-refractivity contribution in [2.45, 2.75) is 38.4 Å². The molecule has 0 spiro atoms. The number of hydrogen-bond acceptors (Lipinski definition) is 3. The molecule has 4 nitrogen and oxygen atoms in total. The second-order valence-corrected chi connectivity index (χ2v) is 6.33. The fourth-order valence-corrected chi connectivity index (χ4v) is 2.22. The summed E-state index contributed by atoms with van der Waals surface area (Å²) in [5.41, 5.74) is 2.53. The number of amides is 1. The summed E-state index contributed by atoms with van der Waals surface area (Å²) in [5.74, 6) is 0.0921. The van der Waals surface area contributed by atoms with Crippen molar-refractivity contribution >= 4 is 5.91 Å². The minimum Gasteiger partial charge on any atom is -0.353 e. The van der Waals surface area contributed by atoms with Gasteiger partial charge in [0.05, 0.1) is 6.04 Å². The molecule has 1 aromatic carbocycles. The van der Waals surface area contributed by atoms with E-state index in [0.717, 1.165) is 13.0 Å². The maximum absolute atomic E-state index is 12.3. The summed E-state index contributed by atoms with van der Waals surface area (Å²) in [7, 11) is 4.06. The van der Waals surface area contributed by atoms with Gasteiger partial charge in [0, 0.05) is 18.6 Å². The summed E-state index contributed by atoms with van der Waals surface area (Å²) in [5, 5.41) is 6.38. The zero-order chi connectivity index (χ0) is 14.8. The van der Waals surface area contributed by atoms with Crippen LogP contribution < -0.4 is 10.6 Å². The van der Waals surface area contributed by atoms with Gasteiger partial charge in [-0.2, -0.15) is 0 Å². The van der Waals surface area contributed by atoms with Crippen molar-refractivity contribution in [1.29, 1.82) is 0 Å². The van der Waals surface area contributed by atoms with Crippen molar-refractivity contribution in [3.8, 4) is 0 Å². The van der Waals surface area contributed by atoms with Crippen LogP contribution in [0.25, 0.3) is 0 Å². The van der Waals surface area contributed by atoms with E-state index in [2.05, 4.69) is 41.5 Å². The van der Waals surface area contributed by atoms with E-state index in [0.29, 0.717) is 6.54 Å². The van der Waals surface area contributed by atoms with Crippen LogP contribution in [0.3, 0.4) is 0 Å². The van der Waals surface area contributed by atoms with E-state index in [1.165, 1.54) is 11.1 Å². The minimum atomic E-state index is -0.122. The van der Waals surface area contributed by atoms with Crippen LogP contribution in [0.1, 0.15) is 25.0 Å². The van der Waals surface area contributed by atoms with Gasteiger partial charge < -0.3 is 15.5 Å². The Morgan fingerprint density at radius 3 is 2.65 bits per heavy atom. The Morgan fingerprint density at radius 2 is 2.00 bits per heavy atom. The molecule has 1 unspecified atom stereocenters. The minimum absolute atomic E-state index is 0.0395. The lowest BCUT2D eigenvalue weighted by Crippen LogP contribution is -2.53. The number of nitrogens with zero attached hydrogens (tertiary/aromatic N) is 1. The molecule has 0 fully saturated rings. The normalized spacial score (nSPS) is 18.8. The van der Waals surface area contributed by atoms with Crippen LogP contribution in [-0.4, -0.2) is 43.0 Å². The zero-order valence-corrected chi connectivity index (χ0v) is 12.9. The molecule has 0 bridgehead atoms. The number of fused-ring (bicyclic) bond motifs is 1. The third-order valence-electron chi connectivity index (χ3n) is 4.30. The van der Waals surface area contributed by atoms with Gasteiger partial charge in [0.25, 0.3) is 0 Å².